The number of carbonyl (C=O) groups excluding carboxylic acids is 1. The molecule has 152 valence electrons. The summed E-state index contributed by atoms with van der Waals surface area (Å²) in [6.07, 6.45) is 1.52. The summed E-state index contributed by atoms with van der Waals surface area (Å²) in [6, 6.07) is 4.90. The van der Waals surface area contributed by atoms with E-state index < -0.39 is 0 Å². The Morgan fingerprint density at radius 2 is 1.97 bits per heavy atom. The molecule has 11 heteroatoms. The number of hydrogen-bond donors (Lipinski definition) is 0. The van der Waals surface area contributed by atoms with Crippen LogP contribution in [0.1, 0.15) is 6.92 Å². The van der Waals surface area contributed by atoms with Crippen LogP contribution in [-0.2, 0) is 11.3 Å². The number of fused-ring (bicyclic) bond motifs is 1. The lowest BCUT2D eigenvalue weighted by atomic mass is 10.3. The van der Waals surface area contributed by atoms with Crippen LogP contribution in [0, 0.1) is 0 Å². The Morgan fingerprint density at radius 3 is 2.69 bits per heavy atom. The molecule has 1 aromatic carbocycles. The first-order valence-corrected chi connectivity index (χ1v) is 9.97. The van der Waals surface area contributed by atoms with Crippen LogP contribution in [0.25, 0.3) is 11.2 Å². The number of aryl methyl sites for hydroxylation is 1. The monoisotopic (exact) mass is 435 g/mol. The molecule has 0 bridgehead atoms. The lowest BCUT2D eigenvalue weighted by Crippen LogP contribution is -2.50. The highest BCUT2D eigenvalue weighted by molar-refractivity contribution is 6.35. The average molecular weight is 436 g/mol. The van der Waals surface area contributed by atoms with E-state index in [9.17, 15) is 4.79 Å². The van der Waals surface area contributed by atoms with Crippen molar-refractivity contribution in [3.05, 3.63) is 34.6 Å². The van der Waals surface area contributed by atoms with Gasteiger partial charge in [-0.3, -0.25) is 4.79 Å². The predicted molar refractivity (Wildman–Crippen MR) is 110 cm³/mol. The largest absolute Gasteiger partial charge is 0.482 e. The van der Waals surface area contributed by atoms with Gasteiger partial charge in [-0.15, -0.1) is 5.10 Å². The molecule has 3 heterocycles. The predicted octanol–water partition coefficient (Wildman–Crippen LogP) is 2.28. The summed E-state index contributed by atoms with van der Waals surface area (Å²) in [6.45, 7) is 4.99. The Labute approximate surface area is 177 Å². The summed E-state index contributed by atoms with van der Waals surface area (Å²) in [5.41, 5.74) is 1.39. The van der Waals surface area contributed by atoms with E-state index in [0.29, 0.717) is 59.7 Å². The highest BCUT2D eigenvalue weighted by Crippen LogP contribution is 2.27. The number of piperazine rings is 1. The number of hydrogen-bond acceptors (Lipinski definition) is 7. The van der Waals surface area contributed by atoms with Gasteiger partial charge in [0, 0.05) is 37.7 Å². The number of carbonyl (C=O) groups is 1. The third-order valence-corrected chi connectivity index (χ3v) is 5.29. The molecule has 0 unspecified atom stereocenters. The molecule has 0 saturated carbocycles. The summed E-state index contributed by atoms with van der Waals surface area (Å²) >= 11 is 12.0. The fourth-order valence-corrected chi connectivity index (χ4v) is 3.68. The van der Waals surface area contributed by atoms with E-state index in [4.69, 9.17) is 27.9 Å². The summed E-state index contributed by atoms with van der Waals surface area (Å²) in [5, 5.41) is 9.23. The Kier molecular flexibility index (Phi) is 5.68. The molecule has 29 heavy (non-hydrogen) atoms. The van der Waals surface area contributed by atoms with Gasteiger partial charge in [-0.1, -0.05) is 28.4 Å². The molecule has 0 N–H and O–H groups in total. The van der Waals surface area contributed by atoms with Crippen molar-refractivity contribution in [1.82, 2.24) is 29.9 Å². The van der Waals surface area contributed by atoms with E-state index in [1.54, 1.807) is 27.8 Å². The summed E-state index contributed by atoms with van der Waals surface area (Å²) < 4.78 is 7.29. The van der Waals surface area contributed by atoms with Crippen LogP contribution in [0.5, 0.6) is 5.75 Å². The van der Waals surface area contributed by atoms with E-state index in [0.717, 1.165) is 5.82 Å². The Morgan fingerprint density at radius 1 is 1.17 bits per heavy atom. The van der Waals surface area contributed by atoms with Crippen molar-refractivity contribution in [1.29, 1.82) is 0 Å². The molecule has 9 nitrogen and oxygen atoms in total. The fraction of sp³-hybridized carbons (Fsp3) is 0.389. The molecule has 1 amide bonds. The number of ether oxygens (including phenoxy) is 1. The Hall–Kier alpha value is -2.65. The van der Waals surface area contributed by atoms with Crippen LogP contribution < -0.4 is 9.64 Å². The zero-order valence-electron chi connectivity index (χ0n) is 15.8. The standard InChI is InChI=1S/C18H19Cl2N7O2/c1-2-27-18-16(23-24-27)17(21-11-22-18)26-7-5-25(6-8-26)15(28)10-29-14-4-3-12(19)9-13(14)20/h3-4,9,11H,2,5-8,10H2,1H3. The second-order valence-corrected chi connectivity index (χ2v) is 7.35. The zero-order chi connectivity index (χ0) is 20.4. The molecule has 1 aliphatic heterocycles. The first-order chi connectivity index (χ1) is 14.1. The lowest BCUT2D eigenvalue weighted by Gasteiger charge is -2.35. The molecular weight excluding hydrogens is 417 g/mol. The van der Waals surface area contributed by atoms with Crippen molar-refractivity contribution in [2.45, 2.75) is 13.5 Å². The minimum Gasteiger partial charge on any atom is -0.482 e. The highest BCUT2D eigenvalue weighted by Gasteiger charge is 2.25. The fourth-order valence-electron chi connectivity index (χ4n) is 3.22. The van der Waals surface area contributed by atoms with Crippen LogP contribution >= 0.6 is 23.2 Å². The van der Waals surface area contributed by atoms with Gasteiger partial charge in [0.25, 0.3) is 5.91 Å². The van der Waals surface area contributed by atoms with Crippen molar-refractivity contribution in [3.8, 4) is 5.75 Å². The van der Waals surface area contributed by atoms with Crippen molar-refractivity contribution in [3.63, 3.8) is 0 Å². The third kappa shape index (κ3) is 4.06. The first-order valence-electron chi connectivity index (χ1n) is 9.21. The topological polar surface area (TPSA) is 89.3 Å². The van der Waals surface area contributed by atoms with E-state index >= 15 is 0 Å². The molecule has 1 fully saturated rings. The van der Waals surface area contributed by atoms with Gasteiger partial charge in [-0.25, -0.2) is 14.6 Å². The molecule has 2 aromatic heterocycles. The van der Waals surface area contributed by atoms with E-state index in [2.05, 4.69) is 25.2 Å². The SMILES string of the molecule is CCn1nnc2c(N3CCN(C(=O)COc4ccc(Cl)cc4Cl)CC3)ncnc21. The van der Waals surface area contributed by atoms with Gasteiger partial charge in [-0.05, 0) is 25.1 Å². The molecular formula is C18H19Cl2N7O2. The first kappa shape index (κ1) is 19.7. The molecule has 3 aromatic rings. The number of amides is 1. The van der Waals surface area contributed by atoms with Crippen LogP contribution in [0.2, 0.25) is 10.0 Å². The second-order valence-electron chi connectivity index (χ2n) is 6.51. The molecule has 1 aliphatic rings. The number of halogens is 2. The second kappa shape index (κ2) is 8.38. The van der Waals surface area contributed by atoms with Crippen LogP contribution in [0.4, 0.5) is 5.82 Å². The van der Waals surface area contributed by atoms with Crippen LogP contribution in [0.3, 0.4) is 0 Å². The molecule has 1 saturated heterocycles. The van der Waals surface area contributed by atoms with Crippen LogP contribution in [-0.4, -0.2) is 68.6 Å². The minimum absolute atomic E-state index is 0.0794. The van der Waals surface area contributed by atoms with Crippen molar-refractivity contribution < 1.29 is 9.53 Å². The number of nitrogens with zero attached hydrogens (tertiary/aromatic N) is 7. The molecule has 0 radical (unpaired) electrons. The lowest BCUT2D eigenvalue weighted by molar-refractivity contribution is -0.133. The zero-order valence-corrected chi connectivity index (χ0v) is 17.3. The van der Waals surface area contributed by atoms with Gasteiger partial charge in [0.1, 0.15) is 12.1 Å². The number of rotatable bonds is 5. The van der Waals surface area contributed by atoms with Crippen LogP contribution in [0.15, 0.2) is 24.5 Å². The van der Waals surface area contributed by atoms with Gasteiger partial charge in [0.05, 0.1) is 5.02 Å². The average Bonchev–Trinajstić information content (AvgIpc) is 3.16. The van der Waals surface area contributed by atoms with Gasteiger partial charge in [-0.2, -0.15) is 0 Å². The number of anilines is 1. The number of benzene rings is 1. The van der Waals surface area contributed by atoms with E-state index in [1.165, 1.54) is 6.33 Å². The van der Waals surface area contributed by atoms with Gasteiger partial charge in [0.2, 0.25) is 0 Å². The smallest absolute Gasteiger partial charge is 0.260 e. The van der Waals surface area contributed by atoms with E-state index in [1.807, 2.05) is 6.92 Å². The molecule has 4 rings (SSSR count). The van der Waals surface area contributed by atoms with Gasteiger partial charge in [0.15, 0.2) is 23.6 Å². The Bertz CT molecular complexity index is 1030. The van der Waals surface area contributed by atoms with Gasteiger partial charge >= 0.3 is 0 Å². The third-order valence-electron chi connectivity index (χ3n) is 4.76. The van der Waals surface area contributed by atoms with E-state index in [-0.39, 0.29) is 12.5 Å². The van der Waals surface area contributed by atoms with Crippen molar-refractivity contribution >= 4 is 46.1 Å². The quantitative estimate of drug-likeness (QED) is 0.606. The maximum absolute atomic E-state index is 12.5. The minimum atomic E-state index is -0.0968. The summed E-state index contributed by atoms with van der Waals surface area (Å²) in [4.78, 5) is 25.0. The molecule has 0 atom stereocenters. The normalized spacial score (nSPS) is 14.4. The maximum atomic E-state index is 12.5. The van der Waals surface area contributed by atoms with Crippen molar-refractivity contribution in [2.75, 3.05) is 37.7 Å². The maximum Gasteiger partial charge on any atom is 0.260 e. The molecule has 0 spiro atoms. The molecule has 0 aliphatic carbocycles. The summed E-state index contributed by atoms with van der Waals surface area (Å²) in [5.74, 6) is 1.08. The van der Waals surface area contributed by atoms with Gasteiger partial charge < -0.3 is 14.5 Å². The number of aromatic nitrogens is 5. The highest BCUT2D eigenvalue weighted by atomic mass is 35.5. The van der Waals surface area contributed by atoms with Crippen molar-refractivity contribution in [2.24, 2.45) is 0 Å². The Balaban J connectivity index is 1.37. The summed E-state index contributed by atoms with van der Waals surface area (Å²) in [7, 11) is 0.